The maximum absolute atomic E-state index is 6.05. The van der Waals surface area contributed by atoms with Crippen LogP contribution in [-0.2, 0) is 10.3 Å². The second-order valence-corrected chi connectivity index (χ2v) is 6.13. The lowest BCUT2D eigenvalue weighted by molar-refractivity contribution is -0.0468. The van der Waals surface area contributed by atoms with Gasteiger partial charge in [0.1, 0.15) is 10.6 Å². The Kier molecular flexibility index (Phi) is 4.12. The van der Waals surface area contributed by atoms with Gasteiger partial charge in [-0.1, -0.05) is 30.3 Å². The number of morpholine rings is 1. The quantitative estimate of drug-likeness (QED) is 0.815. The average molecular weight is 301 g/mol. The Hall–Kier alpha value is -1.59. The highest BCUT2D eigenvalue weighted by Gasteiger charge is 2.34. The lowest BCUT2D eigenvalue weighted by Crippen LogP contribution is -2.48. The Balaban J connectivity index is 1.82. The number of hydrogen-bond acceptors (Lipinski definition) is 5. The SMILES string of the molecule is CSc1ccc(N2CCOC(C)(c3ccccc3)C2)nn1. The van der Waals surface area contributed by atoms with Crippen LogP contribution in [0.4, 0.5) is 5.82 Å². The molecule has 110 valence electrons. The molecule has 3 rings (SSSR count). The molecule has 21 heavy (non-hydrogen) atoms. The van der Waals surface area contributed by atoms with Crippen molar-refractivity contribution in [2.24, 2.45) is 0 Å². The highest BCUT2D eigenvalue weighted by Crippen LogP contribution is 2.31. The predicted molar refractivity (Wildman–Crippen MR) is 85.8 cm³/mol. The van der Waals surface area contributed by atoms with E-state index in [1.165, 1.54) is 5.56 Å². The first-order valence-corrected chi connectivity index (χ1v) is 8.26. The van der Waals surface area contributed by atoms with Crippen LogP contribution < -0.4 is 4.90 Å². The molecule has 0 N–H and O–H groups in total. The number of anilines is 1. The predicted octanol–water partition coefficient (Wildman–Crippen LogP) is 2.95. The highest BCUT2D eigenvalue weighted by molar-refractivity contribution is 7.98. The second-order valence-electron chi connectivity index (χ2n) is 5.30. The fraction of sp³-hybridized carbons (Fsp3) is 0.375. The molecule has 1 aliphatic heterocycles. The minimum absolute atomic E-state index is 0.306. The number of hydrogen-bond donors (Lipinski definition) is 0. The Morgan fingerprint density at radius 2 is 1.95 bits per heavy atom. The van der Waals surface area contributed by atoms with Gasteiger partial charge in [0.25, 0.3) is 0 Å². The first kappa shape index (κ1) is 14.4. The zero-order valence-corrected chi connectivity index (χ0v) is 13.1. The minimum Gasteiger partial charge on any atom is -0.367 e. The molecule has 1 aliphatic rings. The molecule has 1 saturated heterocycles. The van der Waals surface area contributed by atoms with Crippen molar-refractivity contribution in [3.8, 4) is 0 Å². The standard InChI is InChI=1S/C16H19N3OS/c1-16(13-6-4-3-5-7-13)12-19(10-11-20-16)14-8-9-15(21-2)18-17-14/h3-9H,10-12H2,1-2H3. The maximum atomic E-state index is 6.05. The van der Waals surface area contributed by atoms with Gasteiger partial charge in [-0.05, 0) is 30.9 Å². The van der Waals surface area contributed by atoms with Gasteiger partial charge in [-0.3, -0.25) is 0 Å². The topological polar surface area (TPSA) is 38.2 Å². The van der Waals surface area contributed by atoms with Crippen molar-refractivity contribution < 1.29 is 4.74 Å². The molecule has 0 amide bonds. The van der Waals surface area contributed by atoms with E-state index in [1.54, 1.807) is 11.8 Å². The summed E-state index contributed by atoms with van der Waals surface area (Å²) in [6, 6.07) is 14.4. The van der Waals surface area contributed by atoms with Gasteiger partial charge in [0.2, 0.25) is 0 Å². The van der Waals surface area contributed by atoms with Crippen LogP contribution >= 0.6 is 11.8 Å². The van der Waals surface area contributed by atoms with E-state index < -0.39 is 0 Å². The normalized spacial score (nSPS) is 22.3. The molecule has 4 nitrogen and oxygen atoms in total. The third-order valence-corrected chi connectivity index (χ3v) is 4.45. The summed E-state index contributed by atoms with van der Waals surface area (Å²) in [5.41, 5.74) is 0.891. The Morgan fingerprint density at radius 1 is 1.14 bits per heavy atom. The van der Waals surface area contributed by atoms with Gasteiger partial charge < -0.3 is 9.64 Å². The van der Waals surface area contributed by atoms with Crippen LogP contribution in [0, 0.1) is 0 Å². The van der Waals surface area contributed by atoms with E-state index in [0.717, 1.165) is 23.9 Å². The number of benzene rings is 1. The molecule has 0 spiro atoms. The molecule has 2 heterocycles. The molecule has 0 aliphatic carbocycles. The third-order valence-electron chi connectivity index (χ3n) is 3.82. The second kappa shape index (κ2) is 6.03. The van der Waals surface area contributed by atoms with Gasteiger partial charge in [-0.15, -0.1) is 22.0 Å². The van der Waals surface area contributed by atoms with Gasteiger partial charge in [-0.2, -0.15) is 0 Å². The molecular formula is C16H19N3OS. The average Bonchev–Trinajstić information content (AvgIpc) is 2.56. The molecule has 1 aromatic carbocycles. The van der Waals surface area contributed by atoms with Crippen molar-refractivity contribution in [1.29, 1.82) is 0 Å². The summed E-state index contributed by atoms with van der Waals surface area (Å²) in [7, 11) is 0. The molecular weight excluding hydrogens is 282 g/mol. The van der Waals surface area contributed by atoms with E-state index in [2.05, 4.69) is 46.3 Å². The van der Waals surface area contributed by atoms with Gasteiger partial charge in [0.05, 0.1) is 13.2 Å². The monoisotopic (exact) mass is 301 g/mol. The van der Waals surface area contributed by atoms with Crippen LogP contribution in [0.1, 0.15) is 12.5 Å². The zero-order chi connectivity index (χ0) is 14.7. The molecule has 1 unspecified atom stereocenters. The lowest BCUT2D eigenvalue weighted by atomic mass is 9.94. The minimum atomic E-state index is -0.306. The van der Waals surface area contributed by atoms with Crippen molar-refractivity contribution in [2.75, 3.05) is 30.9 Å². The summed E-state index contributed by atoms with van der Waals surface area (Å²) in [6.07, 6.45) is 2.00. The molecule has 1 aromatic heterocycles. The number of aromatic nitrogens is 2. The molecule has 0 bridgehead atoms. The van der Waals surface area contributed by atoms with Gasteiger partial charge in [0.15, 0.2) is 5.82 Å². The molecule has 1 fully saturated rings. The zero-order valence-electron chi connectivity index (χ0n) is 12.3. The van der Waals surface area contributed by atoms with E-state index in [0.29, 0.717) is 6.61 Å². The molecule has 2 aromatic rings. The van der Waals surface area contributed by atoms with Crippen molar-refractivity contribution in [1.82, 2.24) is 10.2 Å². The van der Waals surface area contributed by atoms with Crippen molar-refractivity contribution in [3.63, 3.8) is 0 Å². The summed E-state index contributed by atoms with van der Waals surface area (Å²) in [5.74, 6) is 0.915. The summed E-state index contributed by atoms with van der Waals surface area (Å²) >= 11 is 1.60. The number of rotatable bonds is 3. The number of ether oxygens (including phenoxy) is 1. The van der Waals surface area contributed by atoms with E-state index in [9.17, 15) is 0 Å². The Labute approximate surface area is 129 Å². The van der Waals surface area contributed by atoms with E-state index in [4.69, 9.17) is 4.74 Å². The summed E-state index contributed by atoms with van der Waals surface area (Å²) < 4.78 is 6.05. The molecule has 0 saturated carbocycles. The first-order chi connectivity index (χ1) is 10.2. The van der Waals surface area contributed by atoms with Crippen LogP contribution in [-0.4, -0.2) is 36.1 Å². The van der Waals surface area contributed by atoms with Crippen LogP contribution in [0.15, 0.2) is 47.5 Å². The third kappa shape index (κ3) is 3.04. The lowest BCUT2D eigenvalue weighted by Gasteiger charge is -2.41. The highest BCUT2D eigenvalue weighted by atomic mass is 32.2. The van der Waals surface area contributed by atoms with Crippen LogP contribution in [0.2, 0.25) is 0 Å². The van der Waals surface area contributed by atoms with Crippen molar-refractivity contribution in [2.45, 2.75) is 17.6 Å². The van der Waals surface area contributed by atoms with Crippen LogP contribution in [0.5, 0.6) is 0 Å². The maximum Gasteiger partial charge on any atom is 0.151 e. The summed E-state index contributed by atoms with van der Waals surface area (Å²) in [4.78, 5) is 2.24. The van der Waals surface area contributed by atoms with Gasteiger partial charge in [-0.25, -0.2) is 0 Å². The Bertz CT molecular complexity index is 590. The van der Waals surface area contributed by atoms with E-state index in [1.807, 2.05) is 24.5 Å². The van der Waals surface area contributed by atoms with Crippen LogP contribution in [0.25, 0.3) is 0 Å². The number of nitrogens with zero attached hydrogens (tertiary/aromatic N) is 3. The van der Waals surface area contributed by atoms with Crippen molar-refractivity contribution >= 4 is 17.6 Å². The molecule has 0 radical (unpaired) electrons. The smallest absolute Gasteiger partial charge is 0.151 e. The van der Waals surface area contributed by atoms with Crippen LogP contribution in [0.3, 0.4) is 0 Å². The Morgan fingerprint density at radius 3 is 2.62 bits per heavy atom. The summed E-state index contributed by atoms with van der Waals surface area (Å²) in [5, 5.41) is 9.50. The fourth-order valence-electron chi connectivity index (χ4n) is 2.62. The van der Waals surface area contributed by atoms with Gasteiger partial charge >= 0.3 is 0 Å². The van der Waals surface area contributed by atoms with Crippen molar-refractivity contribution in [3.05, 3.63) is 48.0 Å². The first-order valence-electron chi connectivity index (χ1n) is 7.03. The fourth-order valence-corrected chi connectivity index (χ4v) is 2.95. The number of thioether (sulfide) groups is 1. The van der Waals surface area contributed by atoms with Gasteiger partial charge in [0, 0.05) is 6.54 Å². The molecule has 5 heteroatoms. The van der Waals surface area contributed by atoms with E-state index >= 15 is 0 Å². The van der Waals surface area contributed by atoms with E-state index in [-0.39, 0.29) is 5.60 Å². The largest absolute Gasteiger partial charge is 0.367 e. The molecule has 1 atom stereocenters. The summed E-state index contributed by atoms with van der Waals surface area (Å²) in [6.45, 7) is 4.45.